The van der Waals surface area contributed by atoms with E-state index >= 15 is 0 Å². The zero-order chi connectivity index (χ0) is 16.7. The van der Waals surface area contributed by atoms with Crippen molar-refractivity contribution in [3.8, 4) is 22.6 Å². The third kappa shape index (κ3) is 2.66. The van der Waals surface area contributed by atoms with Crippen LogP contribution < -0.4 is 5.43 Å². The summed E-state index contributed by atoms with van der Waals surface area (Å²) in [6.45, 7) is 3.93. The Morgan fingerprint density at radius 3 is 2.52 bits per heavy atom. The van der Waals surface area contributed by atoms with Crippen molar-refractivity contribution in [1.29, 1.82) is 0 Å². The summed E-state index contributed by atoms with van der Waals surface area (Å²) in [5.41, 5.74) is 1.34. The van der Waals surface area contributed by atoms with Gasteiger partial charge >= 0.3 is 0 Å². The lowest BCUT2D eigenvalue weighted by Crippen LogP contribution is -2.13. The molecule has 0 radical (unpaired) electrons. The third-order valence-electron chi connectivity index (χ3n) is 3.79. The number of fused-ring (bicyclic) bond motifs is 1. The van der Waals surface area contributed by atoms with E-state index in [0.29, 0.717) is 21.7 Å². The Morgan fingerprint density at radius 1 is 1.13 bits per heavy atom. The van der Waals surface area contributed by atoms with Gasteiger partial charge in [0.15, 0.2) is 0 Å². The maximum Gasteiger partial charge on any atom is 0.200 e. The topological polar surface area (TPSA) is 62.5 Å². The first kappa shape index (κ1) is 15.4. The summed E-state index contributed by atoms with van der Waals surface area (Å²) in [4.78, 5) is 12.8. The van der Waals surface area contributed by atoms with Crippen molar-refractivity contribution in [2.24, 2.45) is 0 Å². The molecule has 3 aromatic rings. The molecule has 2 aromatic carbocycles. The lowest BCUT2D eigenvalue weighted by Gasteiger charge is -2.18. The first-order valence-corrected chi connectivity index (χ1v) is 7.63. The molecule has 4 nitrogen and oxygen atoms in total. The highest BCUT2D eigenvalue weighted by Gasteiger charge is 2.16. The van der Waals surface area contributed by atoms with Crippen LogP contribution in [0.4, 0.5) is 0 Å². The number of aromatic nitrogens is 1. The van der Waals surface area contributed by atoms with Crippen molar-refractivity contribution in [2.45, 2.75) is 19.9 Å². The standard InChI is InChI=1S/C18H16ClNO3/c1-10(2)20-9-14(11-4-3-5-12(19)6-11)18(23)17-15(20)7-13(21)8-16(17)22/h3-10,21-22H,1-2H3. The maximum atomic E-state index is 12.8. The summed E-state index contributed by atoms with van der Waals surface area (Å²) >= 11 is 6.03. The van der Waals surface area contributed by atoms with Crippen LogP contribution in [0.5, 0.6) is 11.5 Å². The van der Waals surface area contributed by atoms with Gasteiger partial charge in [0.2, 0.25) is 5.43 Å². The second-order valence-electron chi connectivity index (χ2n) is 5.74. The fraction of sp³-hybridized carbons (Fsp3) is 0.167. The van der Waals surface area contributed by atoms with E-state index < -0.39 is 0 Å². The van der Waals surface area contributed by atoms with E-state index in [4.69, 9.17) is 11.6 Å². The molecule has 2 N–H and O–H groups in total. The van der Waals surface area contributed by atoms with E-state index in [1.54, 1.807) is 30.5 Å². The van der Waals surface area contributed by atoms with Crippen LogP contribution in [0.25, 0.3) is 22.0 Å². The Balaban J connectivity index is 2.46. The number of hydrogen-bond donors (Lipinski definition) is 2. The molecule has 3 rings (SSSR count). The molecular formula is C18H16ClNO3. The van der Waals surface area contributed by atoms with E-state index in [-0.39, 0.29) is 28.4 Å². The van der Waals surface area contributed by atoms with Crippen molar-refractivity contribution in [3.05, 3.63) is 57.8 Å². The minimum Gasteiger partial charge on any atom is -0.508 e. The van der Waals surface area contributed by atoms with Gasteiger partial charge < -0.3 is 14.8 Å². The second-order valence-corrected chi connectivity index (χ2v) is 6.18. The van der Waals surface area contributed by atoms with Crippen LogP contribution in [0.3, 0.4) is 0 Å². The van der Waals surface area contributed by atoms with Crippen molar-refractivity contribution in [3.63, 3.8) is 0 Å². The summed E-state index contributed by atoms with van der Waals surface area (Å²) in [6, 6.07) is 9.73. The fourth-order valence-electron chi connectivity index (χ4n) is 2.72. The summed E-state index contributed by atoms with van der Waals surface area (Å²) in [7, 11) is 0. The van der Waals surface area contributed by atoms with E-state index in [0.717, 1.165) is 0 Å². The Bertz CT molecular complexity index is 960. The molecule has 0 bridgehead atoms. The highest BCUT2D eigenvalue weighted by molar-refractivity contribution is 6.30. The zero-order valence-electron chi connectivity index (χ0n) is 12.7. The largest absolute Gasteiger partial charge is 0.508 e. The van der Waals surface area contributed by atoms with Crippen molar-refractivity contribution >= 4 is 22.5 Å². The van der Waals surface area contributed by atoms with E-state index in [2.05, 4.69) is 0 Å². The number of hydrogen-bond acceptors (Lipinski definition) is 3. The van der Waals surface area contributed by atoms with Crippen LogP contribution in [0, 0.1) is 0 Å². The number of halogens is 1. The molecule has 118 valence electrons. The van der Waals surface area contributed by atoms with Crippen LogP contribution >= 0.6 is 11.6 Å². The van der Waals surface area contributed by atoms with Crippen LogP contribution in [0.2, 0.25) is 5.02 Å². The van der Waals surface area contributed by atoms with Crippen molar-refractivity contribution in [2.75, 3.05) is 0 Å². The molecular weight excluding hydrogens is 314 g/mol. The van der Waals surface area contributed by atoms with E-state index in [9.17, 15) is 15.0 Å². The number of phenolic OH excluding ortho intramolecular Hbond substituents is 2. The molecule has 0 saturated heterocycles. The van der Waals surface area contributed by atoms with Crippen molar-refractivity contribution < 1.29 is 10.2 Å². The van der Waals surface area contributed by atoms with E-state index in [1.807, 2.05) is 18.4 Å². The van der Waals surface area contributed by atoms with Gasteiger partial charge in [0.25, 0.3) is 0 Å². The van der Waals surface area contributed by atoms with Crippen LogP contribution in [-0.2, 0) is 0 Å². The van der Waals surface area contributed by atoms with Gasteiger partial charge in [0, 0.05) is 35.0 Å². The minimum atomic E-state index is -0.295. The monoisotopic (exact) mass is 329 g/mol. The average Bonchev–Trinajstić information content (AvgIpc) is 2.46. The van der Waals surface area contributed by atoms with Crippen LogP contribution in [0.15, 0.2) is 47.4 Å². The molecule has 1 heterocycles. The molecule has 0 aliphatic heterocycles. The number of aromatic hydroxyl groups is 2. The highest BCUT2D eigenvalue weighted by atomic mass is 35.5. The van der Waals surface area contributed by atoms with Gasteiger partial charge in [-0.1, -0.05) is 23.7 Å². The minimum absolute atomic E-state index is 0.0391. The Labute approximate surface area is 138 Å². The van der Waals surface area contributed by atoms with Gasteiger partial charge in [-0.25, -0.2) is 0 Å². The normalized spacial score (nSPS) is 11.3. The first-order chi connectivity index (χ1) is 10.9. The number of nitrogens with zero attached hydrogens (tertiary/aromatic N) is 1. The highest BCUT2D eigenvalue weighted by Crippen LogP contribution is 2.31. The molecule has 0 saturated carbocycles. The summed E-state index contributed by atoms with van der Waals surface area (Å²) in [5.74, 6) is -0.317. The predicted octanol–water partition coefficient (Wildman–Crippen LogP) is 4.31. The van der Waals surface area contributed by atoms with Gasteiger partial charge in [-0.2, -0.15) is 0 Å². The van der Waals surface area contributed by atoms with Gasteiger partial charge in [0.1, 0.15) is 11.5 Å². The predicted molar refractivity (Wildman–Crippen MR) is 92.4 cm³/mol. The molecule has 1 aromatic heterocycles. The second kappa shape index (κ2) is 5.63. The smallest absolute Gasteiger partial charge is 0.200 e. The maximum absolute atomic E-state index is 12.8. The van der Waals surface area contributed by atoms with Crippen LogP contribution in [-0.4, -0.2) is 14.8 Å². The Kier molecular flexibility index (Phi) is 3.78. The lowest BCUT2D eigenvalue weighted by molar-refractivity contribution is 0.454. The molecule has 0 fully saturated rings. The molecule has 0 spiro atoms. The fourth-order valence-corrected chi connectivity index (χ4v) is 2.91. The number of rotatable bonds is 2. The number of phenols is 2. The van der Waals surface area contributed by atoms with Gasteiger partial charge in [-0.15, -0.1) is 0 Å². The quantitative estimate of drug-likeness (QED) is 0.736. The molecule has 0 aliphatic rings. The SMILES string of the molecule is CC(C)n1cc(-c2cccc(Cl)c2)c(=O)c2c(O)cc(O)cc21. The molecule has 0 unspecified atom stereocenters. The Morgan fingerprint density at radius 2 is 1.87 bits per heavy atom. The summed E-state index contributed by atoms with van der Waals surface area (Å²) in [5, 5.41) is 20.6. The van der Waals surface area contributed by atoms with Gasteiger partial charge in [-0.05, 0) is 31.5 Å². The molecule has 0 amide bonds. The third-order valence-corrected chi connectivity index (χ3v) is 4.03. The first-order valence-electron chi connectivity index (χ1n) is 7.25. The summed E-state index contributed by atoms with van der Waals surface area (Å²) in [6.07, 6.45) is 1.74. The van der Waals surface area contributed by atoms with Crippen LogP contribution in [0.1, 0.15) is 19.9 Å². The van der Waals surface area contributed by atoms with E-state index in [1.165, 1.54) is 12.1 Å². The number of benzene rings is 2. The number of pyridine rings is 1. The molecule has 0 atom stereocenters. The molecule has 23 heavy (non-hydrogen) atoms. The Hall–Kier alpha value is -2.46. The molecule has 5 heteroatoms. The zero-order valence-corrected chi connectivity index (χ0v) is 13.5. The van der Waals surface area contributed by atoms with Gasteiger partial charge in [-0.3, -0.25) is 4.79 Å². The van der Waals surface area contributed by atoms with Gasteiger partial charge in [0.05, 0.1) is 10.9 Å². The average molecular weight is 330 g/mol. The summed E-state index contributed by atoms with van der Waals surface area (Å²) < 4.78 is 1.85. The molecule has 0 aliphatic carbocycles. The lowest BCUT2D eigenvalue weighted by atomic mass is 10.0. The van der Waals surface area contributed by atoms with Crippen molar-refractivity contribution in [1.82, 2.24) is 4.57 Å².